The smallest absolute Gasteiger partial charge is 0.349 e. The first-order valence-electron chi connectivity index (χ1n) is 9.81. The van der Waals surface area contributed by atoms with Crippen LogP contribution in [0.5, 0.6) is 0 Å². The molecule has 1 aromatic heterocycles. The maximum absolute atomic E-state index is 11.9. The van der Waals surface area contributed by atoms with E-state index in [2.05, 4.69) is 55.7 Å². The molecule has 2 aromatic carbocycles. The van der Waals surface area contributed by atoms with Crippen LogP contribution in [0.1, 0.15) is 60.0 Å². The van der Waals surface area contributed by atoms with Gasteiger partial charge >= 0.3 is 5.97 Å². The van der Waals surface area contributed by atoms with Gasteiger partial charge in [0.1, 0.15) is 4.88 Å². The summed E-state index contributed by atoms with van der Waals surface area (Å²) in [5.41, 5.74) is 3.35. The van der Waals surface area contributed by atoms with Gasteiger partial charge in [-0.2, -0.15) is 0 Å². The maximum atomic E-state index is 11.9. The molecular weight excluding hydrogens is 436 g/mol. The van der Waals surface area contributed by atoms with Crippen LogP contribution >= 0.6 is 35.2 Å². The van der Waals surface area contributed by atoms with Crippen molar-refractivity contribution >= 4 is 62.0 Å². The van der Waals surface area contributed by atoms with Gasteiger partial charge < -0.3 is 15.4 Å². The fourth-order valence-corrected chi connectivity index (χ4v) is 4.92. The number of methoxy groups -OCH3 is 1. The van der Waals surface area contributed by atoms with Crippen LogP contribution in [0.2, 0.25) is 5.02 Å². The van der Waals surface area contributed by atoms with Crippen molar-refractivity contribution in [2.75, 3.05) is 12.4 Å². The minimum Gasteiger partial charge on any atom is -0.465 e. The highest BCUT2D eigenvalue weighted by atomic mass is 35.5. The molecule has 2 N–H and O–H groups in total. The molecule has 3 rings (SSSR count). The van der Waals surface area contributed by atoms with E-state index < -0.39 is 5.97 Å². The van der Waals surface area contributed by atoms with Gasteiger partial charge in [0, 0.05) is 15.8 Å². The van der Waals surface area contributed by atoms with Crippen molar-refractivity contribution in [2.45, 2.75) is 39.2 Å². The van der Waals surface area contributed by atoms with Crippen molar-refractivity contribution < 1.29 is 9.53 Å². The highest BCUT2D eigenvalue weighted by molar-refractivity contribution is 7.80. The second-order valence-corrected chi connectivity index (χ2v) is 9.08. The summed E-state index contributed by atoms with van der Waals surface area (Å²) in [5, 5.41) is 8.31. The van der Waals surface area contributed by atoms with E-state index in [1.54, 1.807) is 0 Å². The maximum Gasteiger partial charge on any atom is 0.349 e. The number of fused-ring (bicyclic) bond motifs is 1. The highest BCUT2D eigenvalue weighted by Gasteiger charge is 2.18. The van der Waals surface area contributed by atoms with Gasteiger partial charge in [-0.25, -0.2) is 4.79 Å². The Labute approximate surface area is 191 Å². The standard InChI is InChI=1S/C23H25ClN2O2S2/c1-5-13(2)15-6-8-16(9-7-15)14(3)25-23(29)26-17-10-11-18-19(12-17)30-21(20(18)24)22(27)28-4/h6-14H,5H2,1-4H3,(H2,25,26,29). The molecular formula is C23H25ClN2O2S2. The third kappa shape index (κ3) is 4.94. The van der Waals surface area contributed by atoms with Gasteiger partial charge in [-0.15, -0.1) is 11.3 Å². The van der Waals surface area contributed by atoms with Gasteiger partial charge in [0.2, 0.25) is 0 Å². The van der Waals surface area contributed by atoms with E-state index in [0.29, 0.717) is 20.9 Å². The molecule has 0 radical (unpaired) electrons. The predicted molar refractivity (Wildman–Crippen MR) is 131 cm³/mol. The van der Waals surface area contributed by atoms with Crippen molar-refractivity contribution in [1.82, 2.24) is 5.32 Å². The van der Waals surface area contributed by atoms with E-state index in [1.165, 1.54) is 29.6 Å². The van der Waals surface area contributed by atoms with Crippen LogP contribution < -0.4 is 10.6 Å². The minimum absolute atomic E-state index is 0.0711. The number of carbonyl (C=O) groups excluding carboxylic acids is 1. The van der Waals surface area contributed by atoms with Crippen LogP contribution in [0.25, 0.3) is 10.1 Å². The van der Waals surface area contributed by atoms with Gasteiger partial charge in [-0.3, -0.25) is 0 Å². The number of esters is 1. The normalized spacial score (nSPS) is 13.0. The van der Waals surface area contributed by atoms with Gasteiger partial charge in [0.05, 0.1) is 18.2 Å². The first-order valence-corrected chi connectivity index (χ1v) is 11.4. The lowest BCUT2D eigenvalue weighted by Gasteiger charge is -2.18. The lowest BCUT2D eigenvalue weighted by Crippen LogP contribution is -2.30. The number of hydrogen-bond acceptors (Lipinski definition) is 4. The summed E-state index contributed by atoms with van der Waals surface area (Å²) in [6.07, 6.45) is 1.13. The molecule has 0 saturated heterocycles. The predicted octanol–water partition coefficient (Wildman–Crippen LogP) is 6.90. The molecule has 0 aliphatic carbocycles. The first kappa shape index (κ1) is 22.5. The van der Waals surface area contributed by atoms with E-state index >= 15 is 0 Å². The molecule has 1 heterocycles. The zero-order valence-electron chi connectivity index (χ0n) is 17.4. The topological polar surface area (TPSA) is 50.4 Å². The molecule has 2 unspecified atom stereocenters. The summed E-state index contributed by atoms with van der Waals surface area (Å²) in [7, 11) is 1.35. The number of halogens is 1. The van der Waals surface area contributed by atoms with Crippen LogP contribution in [0.3, 0.4) is 0 Å². The second-order valence-electron chi connectivity index (χ2n) is 7.24. The Kier molecular flexibility index (Phi) is 7.34. The lowest BCUT2D eigenvalue weighted by molar-refractivity contribution is 0.0606. The fourth-order valence-electron chi connectivity index (χ4n) is 3.16. The molecule has 0 saturated carbocycles. The number of thiophene rings is 1. The van der Waals surface area contributed by atoms with Crippen LogP contribution in [0.15, 0.2) is 42.5 Å². The van der Waals surface area contributed by atoms with E-state index in [1.807, 2.05) is 18.2 Å². The molecule has 3 aromatic rings. The molecule has 7 heteroatoms. The number of carbonyl (C=O) groups is 1. The first-order chi connectivity index (χ1) is 14.3. The van der Waals surface area contributed by atoms with E-state index in [9.17, 15) is 4.79 Å². The Morgan fingerprint density at radius 3 is 2.47 bits per heavy atom. The van der Waals surface area contributed by atoms with Crippen LogP contribution in [-0.2, 0) is 4.74 Å². The molecule has 0 aliphatic rings. The third-order valence-electron chi connectivity index (χ3n) is 5.22. The molecule has 158 valence electrons. The monoisotopic (exact) mass is 460 g/mol. The molecule has 0 amide bonds. The number of rotatable bonds is 6. The fraction of sp³-hybridized carbons (Fsp3) is 0.304. The van der Waals surface area contributed by atoms with E-state index in [0.717, 1.165) is 22.2 Å². The molecule has 2 atom stereocenters. The zero-order chi connectivity index (χ0) is 21.8. The Hall–Kier alpha value is -2.15. The highest BCUT2D eigenvalue weighted by Crippen LogP contribution is 2.37. The number of hydrogen-bond donors (Lipinski definition) is 2. The van der Waals surface area contributed by atoms with Gasteiger partial charge in [-0.1, -0.05) is 49.7 Å². The molecule has 30 heavy (non-hydrogen) atoms. The molecule has 0 aliphatic heterocycles. The van der Waals surface area contributed by atoms with Crippen LogP contribution in [0, 0.1) is 0 Å². The lowest BCUT2D eigenvalue weighted by atomic mass is 9.96. The van der Waals surface area contributed by atoms with Crippen LogP contribution in [0.4, 0.5) is 5.69 Å². The molecule has 0 fully saturated rings. The quantitative estimate of drug-likeness (QED) is 0.309. The van der Waals surface area contributed by atoms with Crippen molar-refractivity contribution in [3.05, 3.63) is 63.5 Å². The number of ether oxygens (including phenoxy) is 1. The van der Waals surface area contributed by atoms with Crippen molar-refractivity contribution in [2.24, 2.45) is 0 Å². The number of benzene rings is 2. The van der Waals surface area contributed by atoms with Crippen molar-refractivity contribution in [3.8, 4) is 0 Å². The number of nitrogens with one attached hydrogen (secondary N) is 2. The summed E-state index contributed by atoms with van der Waals surface area (Å²) in [5.74, 6) is 0.131. The molecule has 0 bridgehead atoms. The third-order valence-corrected chi connectivity index (χ3v) is 7.08. The second kappa shape index (κ2) is 9.77. The zero-order valence-corrected chi connectivity index (χ0v) is 19.8. The minimum atomic E-state index is -0.430. The Bertz CT molecular complexity index is 1060. The SMILES string of the molecule is CCC(C)c1ccc(C(C)NC(=S)Nc2ccc3c(Cl)c(C(=O)OC)sc3c2)cc1. The Morgan fingerprint density at radius 1 is 1.17 bits per heavy atom. The summed E-state index contributed by atoms with van der Waals surface area (Å²) in [6, 6.07) is 14.4. The van der Waals surface area contributed by atoms with E-state index in [4.69, 9.17) is 28.6 Å². The Morgan fingerprint density at radius 2 is 1.83 bits per heavy atom. The number of anilines is 1. The number of thiocarbonyl (C=S) groups is 1. The average Bonchev–Trinajstić information content (AvgIpc) is 3.08. The van der Waals surface area contributed by atoms with E-state index in [-0.39, 0.29) is 6.04 Å². The summed E-state index contributed by atoms with van der Waals surface area (Å²) >= 11 is 13.1. The molecule has 4 nitrogen and oxygen atoms in total. The van der Waals surface area contributed by atoms with Crippen LogP contribution in [-0.4, -0.2) is 18.2 Å². The molecule has 0 spiro atoms. The van der Waals surface area contributed by atoms with Gasteiger partial charge in [0.25, 0.3) is 0 Å². The van der Waals surface area contributed by atoms with Gasteiger partial charge in [-0.05, 0) is 60.8 Å². The Balaban J connectivity index is 1.68. The summed E-state index contributed by atoms with van der Waals surface area (Å²) in [4.78, 5) is 12.3. The largest absolute Gasteiger partial charge is 0.465 e. The summed E-state index contributed by atoms with van der Waals surface area (Å²) < 4.78 is 5.69. The van der Waals surface area contributed by atoms with Crippen molar-refractivity contribution in [3.63, 3.8) is 0 Å². The van der Waals surface area contributed by atoms with Crippen molar-refractivity contribution in [1.29, 1.82) is 0 Å². The average molecular weight is 461 g/mol. The van der Waals surface area contributed by atoms with Gasteiger partial charge in [0.15, 0.2) is 5.11 Å². The summed E-state index contributed by atoms with van der Waals surface area (Å²) in [6.45, 7) is 6.52.